The van der Waals surface area contributed by atoms with E-state index in [2.05, 4.69) is 297 Å². The third-order valence-corrected chi connectivity index (χ3v) is 23.8. The van der Waals surface area contributed by atoms with Gasteiger partial charge in [0.2, 0.25) is 0 Å². The quantitative estimate of drug-likeness (QED) is 0.128. The molecule has 0 saturated carbocycles. The van der Waals surface area contributed by atoms with Crippen LogP contribution in [0.1, 0.15) is 68.4 Å². The van der Waals surface area contributed by atoms with Crippen LogP contribution >= 0.6 is 22.7 Å². The van der Waals surface area contributed by atoms with Gasteiger partial charge in [0.15, 0.2) is 17.5 Å². The van der Waals surface area contributed by atoms with Crippen LogP contribution in [0.5, 0.6) is 0 Å². The molecule has 2 unspecified atom stereocenters. The van der Waals surface area contributed by atoms with Gasteiger partial charge in [-0.2, -0.15) is 10.5 Å². The molecule has 0 fully saturated rings. The molecule has 0 radical (unpaired) electrons. The molecule has 0 bridgehead atoms. The van der Waals surface area contributed by atoms with Crippen molar-refractivity contribution in [3.63, 3.8) is 0 Å². The van der Waals surface area contributed by atoms with Crippen molar-refractivity contribution >= 4 is 74.1 Å². The van der Waals surface area contributed by atoms with Crippen molar-refractivity contribution in [1.82, 2.24) is 24.5 Å². The smallest absolute Gasteiger partial charge is 0.164 e. The Hall–Kier alpha value is -13.0. The summed E-state index contributed by atoms with van der Waals surface area (Å²) in [6.45, 7) is 2.17. The molecule has 0 saturated heterocycles. The molecule has 7 nitrogen and oxygen atoms in total. The van der Waals surface area contributed by atoms with Crippen molar-refractivity contribution in [2.45, 2.75) is 24.2 Å². The first kappa shape index (κ1) is 60.0. The van der Waals surface area contributed by atoms with Crippen LogP contribution in [-0.4, -0.2) is 24.5 Å². The third-order valence-electron chi connectivity index (χ3n) is 21.5. The van der Waals surface area contributed by atoms with E-state index in [1.165, 1.54) is 64.7 Å². The van der Waals surface area contributed by atoms with Crippen molar-refractivity contribution in [1.29, 1.82) is 10.5 Å². The number of nitrogens with zero attached hydrogens (tertiary/aromatic N) is 7. The highest BCUT2D eigenvalue weighted by molar-refractivity contribution is 7.26. The molecule has 480 valence electrons. The van der Waals surface area contributed by atoms with Gasteiger partial charge >= 0.3 is 0 Å². The topological polar surface area (TPSA) is 104 Å². The van der Waals surface area contributed by atoms with Crippen molar-refractivity contribution in [3.8, 4) is 96.5 Å². The van der Waals surface area contributed by atoms with Gasteiger partial charge in [-0.25, -0.2) is 19.9 Å². The van der Waals surface area contributed by atoms with Crippen molar-refractivity contribution in [3.05, 3.63) is 377 Å². The Morgan fingerprint density at radius 2 is 0.767 bits per heavy atom. The minimum absolute atomic E-state index is 0.540. The Morgan fingerprint density at radius 1 is 0.330 bits per heavy atom. The maximum absolute atomic E-state index is 11.7. The molecule has 0 amide bonds. The number of benzene rings is 14. The Labute approximate surface area is 602 Å². The summed E-state index contributed by atoms with van der Waals surface area (Å²) in [5.74, 6) is 2.69. The number of hydrogen-bond acceptors (Lipinski definition) is 8. The largest absolute Gasteiger partial charge is 0.296 e. The molecule has 9 heteroatoms. The summed E-state index contributed by atoms with van der Waals surface area (Å²) < 4.78 is 6.94. The van der Waals surface area contributed by atoms with Gasteiger partial charge in [-0.1, -0.05) is 262 Å². The monoisotopic (exact) mass is 1350 g/mol. The molecule has 18 aromatic rings. The van der Waals surface area contributed by atoms with E-state index in [1.54, 1.807) is 11.3 Å². The summed E-state index contributed by atoms with van der Waals surface area (Å²) in [5.41, 5.74) is 23.9. The van der Waals surface area contributed by atoms with Crippen molar-refractivity contribution < 1.29 is 0 Å². The zero-order valence-corrected chi connectivity index (χ0v) is 57.3. The lowest BCUT2D eigenvalue weighted by molar-refractivity contribution is 0.768. The Kier molecular flexibility index (Phi) is 13.7. The van der Waals surface area contributed by atoms with E-state index in [0.717, 1.165) is 110 Å². The molecule has 103 heavy (non-hydrogen) atoms. The van der Waals surface area contributed by atoms with Crippen LogP contribution in [0.2, 0.25) is 0 Å². The molecular formula is C94H57N7S2. The van der Waals surface area contributed by atoms with Gasteiger partial charge in [0.1, 0.15) is 11.9 Å². The summed E-state index contributed by atoms with van der Waals surface area (Å²) in [4.78, 5) is 20.8. The number of nitriles is 2. The van der Waals surface area contributed by atoms with Crippen LogP contribution in [0.25, 0.3) is 136 Å². The normalized spacial score (nSPS) is 14.9. The van der Waals surface area contributed by atoms with E-state index in [1.807, 2.05) is 53.8 Å². The second-order valence-electron chi connectivity index (χ2n) is 26.7. The minimum Gasteiger partial charge on any atom is -0.296 e. The van der Waals surface area contributed by atoms with Gasteiger partial charge in [0, 0.05) is 74.7 Å². The number of para-hydroxylation sites is 2. The van der Waals surface area contributed by atoms with E-state index in [-0.39, 0.29) is 0 Å². The fourth-order valence-electron chi connectivity index (χ4n) is 17.1. The number of thiophene rings is 2. The number of hydrogen-bond donors (Lipinski definition) is 0. The second kappa shape index (κ2) is 23.6. The van der Waals surface area contributed by atoms with Gasteiger partial charge in [-0.3, -0.25) is 4.57 Å². The lowest BCUT2D eigenvalue weighted by atomic mass is 9.67. The van der Waals surface area contributed by atoms with Gasteiger partial charge in [0.25, 0.3) is 0 Å². The molecule has 0 aliphatic heterocycles. The lowest BCUT2D eigenvalue weighted by Crippen LogP contribution is -2.28. The summed E-state index contributed by atoms with van der Waals surface area (Å²) in [6.07, 6.45) is 0.804. The molecule has 4 aromatic heterocycles. The van der Waals surface area contributed by atoms with Crippen molar-refractivity contribution in [2.24, 2.45) is 0 Å². The van der Waals surface area contributed by atoms with Gasteiger partial charge < -0.3 is 0 Å². The summed E-state index contributed by atoms with van der Waals surface area (Å²) in [5, 5.41) is 25.9. The molecule has 2 aliphatic rings. The summed E-state index contributed by atoms with van der Waals surface area (Å²) in [7, 11) is 0. The SMILES string of the molecule is CCc1nc2ccccc2n1-c1ccc(C2(c3ccccc3)c3ccccc3-c3c2ccc2sc4ccc(-c5ccc(-c6nc(-c7ccccc7)nc(-c7ccc(C8(c9ccccc9)c9ccccc9-c9c8ccc8sc%10cccc(-c%11ccc(C#N)cc%11)c%10c98)cc7)n6)cc5)c(C#N)c4c32)cc1. The Morgan fingerprint density at radius 3 is 1.34 bits per heavy atom. The number of fused-ring (bicyclic) bond motifs is 15. The molecule has 0 spiro atoms. The fourth-order valence-corrected chi connectivity index (χ4v) is 19.4. The van der Waals surface area contributed by atoms with Crippen LogP contribution in [0.4, 0.5) is 0 Å². The van der Waals surface area contributed by atoms with E-state index < -0.39 is 10.8 Å². The van der Waals surface area contributed by atoms with Crippen LogP contribution in [0.3, 0.4) is 0 Å². The highest BCUT2D eigenvalue weighted by Crippen LogP contribution is 2.62. The lowest BCUT2D eigenvalue weighted by Gasteiger charge is -2.34. The molecule has 0 N–H and O–H groups in total. The maximum atomic E-state index is 11.7. The van der Waals surface area contributed by atoms with E-state index in [9.17, 15) is 10.5 Å². The van der Waals surface area contributed by atoms with Gasteiger partial charge in [-0.05, 0) is 144 Å². The minimum atomic E-state index is -0.684. The summed E-state index contributed by atoms with van der Waals surface area (Å²) in [6, 6.07) is 118. The second-order valence-corrected chi connectivity index (χ2v) is 28.8. The highest BCUT2D eigenvalue weighted by atomic mass is 32.1. The number of aryl methyl sites for hydroxylation is 1. The standard InChI is InChI=1S/C94H57N7S2/c1-2-83-97-77-30-16-17-31-78(77)101(83)67-47-45-66(46-48-67)94(64-23-10-5-11-24-64)74-29-15-13-26-71(74)85-76(94)51-54-82-89(85)87-72(56-96)68(49-52-80(87)103-82)58-37-39-61(40-38-58)91-98-90(60-19-6-3-7-20-60)99-92(100-91)62-41-43-65(44-42-62)93(63-21-8-4-9-22-63)73-28-14-12-25-70(73)84-75(93)50-53-81-88(84)86-69(27-18-32-79(86)102-81)59-35-33-57(55-95)34-36-59/h3-54H,2H2,1H3. The van der Waals surface area contributed by atoms with Crippen LogP contribution < -0.4 is 0 Å². The van der Waals surface area contributed by atoms with Crippen LogP contribution in [-0.2, 0) is 17.3 Å². The predicted molar refractivity (Wildman–Crippen MR) is 421 cm³/mol. The number of rotatable bonds is 11. The van der Waals surface area contributed by atoms with Crippen molar-refractivity contribution in [2.75, 3.05) is 0 Å². The van der Waals surface area contributed by atoms with E-state index >= 15 is 0 Å². The number of aromatic nitrogens is 5. The third kappa shape index (κ3) is 8.90. The van der Waals surface area contributed by atoms with E-state index in [4.69, 9.17) is 19.9 Å². The average molecular weight is 1350 g/mol. The molecule has 2 aliphatic carbocycles. The highest BCUT2D eigenvalue weighted by Gasteiger charge is 2.49. The zero-order valence-electron chi connectivity index (χ0n) is 55.7. The first-order chi connectivity index (χ1) is 50.9. The fraction of sp³-hybridized carbons (Fsp3) is 0.0426. The van der Waals surface area contributed by atoms with Crippen LogP contribution in [0.15, 0.2) is 315 Å². The predicted octanol–water partition coefficient (Wildman–Crippen LogP) is 23.3. The Bertz CT molecular complexity index is 6580. The summed E-state index contributed by atoms with van der Waals surface area (Å²) >= 11 is 3.57. The first-order valence-electron chi connectivity index (χ1n) is 34.8. The van der Waals surface area contributed by atoms with E-state index in [0.29, 0.717) is 28.6 Å². The number of imidazole rings is 1. The molecule has 2 atom stereocenters. The van der Waals surface area contributed by atoms with Gasteiger partial charge in [-0.15, -0.1) is 22.7 Å². The zero-order chi connectivity index (χ0) is 68.5. The molecule has 14 aromatic carbocycles. The van der Waals surface area contributed by atoms with Gasteiger partial charge in [0.05, 0.1) is 39.1 Å². The molecule has 20 rings (SSSR count). The average Bonchev–Trinajstić information content (AvgIpc) is 1.53. The van der Waals surface area contributed by atoms with Crippen LogP contribution in [0, 0.1) is 22.7 Å². The molecular weight excluding hydrogens is 1290 g/mol. The maximum Gasteiger partial charge on any atom is 0.164 e. The molecule has 4 heterocycles. The first-order valence-corrected chi connectivity index (χ1v) is 36.4. The Balaban J connectivity index is 0.696.